The number of hydrogen-bond donors (Lipinski definition) is 0. The monoisotopic (exact) mass is 149 g/mol. The molecular formula is C4H8BrN. The molecular weight excluding hydrogens is 142 g/mol. The molecule has 0 saturated carbocycles. The normalized spacial score (nSPS) is 5.33. The summed E-state index contributed by atoms with van der Waals surface area (Å²) in [5.74, 6) is 0. The van der Waals surface area contributed by atoms with Crippen LogP contribution >= 0.6 is 17.0 Å². The highest BCUT2D eigenvalue weighted by molar-refractivity contribution is 8.93. The Morgan fingerprint density at radius 2 is 2.17 bits per heavy atom. The van der Waals surface area contributed by atoms with E-state index in [1.54, 1.807) is 0 Å². The zero-order valence-electron chi connectivity index (χ0n) is 3.77. The van der Waals surface area contributed by atoms with Crippen LogP contribution in [0.5, 0.6) is 0 Å². The first-order valence-electron chi connectivity index (χ1n) is 1.78. The van der Waals surface area contributed by atoms with Gasteiger partial charge < -0.3 is 0 Å². The summed E-state index contributed by atoms with van der Waals surface area (Å²) >= 11 is 0. The smallest absolute Gasteiger partial charge is 0.0621 e. The average molecular weight is 150 g/mol. The van der Waals surface area contributed by atoms with Gasteiger partial charge in [-0.25, -0.2) is 0 Å². The Morgan fingerprint density at radius 1 is 1.67 bits per heavy atom. The van der Waals surface area contributed by atoms with Crippen LogP contribution in [-0.4, -0.2) is 0 Å². The summed E-state index contributed by atoms with van der Waals surface area (Å²) in [6.45, 7) is 1.99. The van der Waals surface area contributed by atoms with E-state index in [9.17, 15) is 0 Å². The molecule has 36 valence electrons. The summed E-state index contributed by atoms with van der Waals surface area (Å²) in [6, 6.07) is 2.02. The van der Waals surface area contributed by atoms with Crippen LogP contribution in [0.25, 0.3) is 0 Å². The maximum Gasteiger partial charge on any atom is 0.0621 e. The summed E-state index contributed by atoms with van der Waals surface area (Å²) in [6.07, 6.45) is 1.68. The molecule has 1 nitrogen and oxygen atoms in total. The average Bonchev–Trinajstić information content (AvgIpc) is 1.41. The maximum absolute atomic E-state index is 7.82. The fourth-order valence-electron chi connectivity index (χ4n) is 0.112. The number of hydrogen-bond acceptors (Lipinski definition) is 1. The second-order valence-corrected chi connectivity index (χ2v) is 0.908. The van der Waals surface area contributed by atoms with Crippen molar-refractivity contribution in [3.05, 3.63) is 0 Å². The van der Waals surface area contributed by atoms with Crippen LogP contribution in [0, 0.1) is 11.3 Å². The maximum atomic E-state index is 7.82. The van der Waals surface area contributed by atoms with Crippen LogP contribution in [0.3, 0.4) is 0 Å². The molecule has 0 amide bonds. The summed E-state index contributed by atoms with van der Waals surface area (Å²) in [5, 5.41) is 7.82. The summed E-state index contributed by atoms with van der Waals surface area (Å²) in [7, 11) is 0. The van der Waals surface area contributed by atoms with Gasteiger partial charge in [-0.05, 0) is 6.42 Å². The highest BCUT2D eigenvalue weighted by Gasteiger charge is 1.65. The number of unbranched alkanes of at least 4 members (excludes halogenated alkanes) is 1. The minimum Gasteiger partial charge on any atom is -0.198 e. The zero-order valence-corrected chi connectivity index (χ0v) is 5.48. The highest BCUT2D eigenvalue weighted by Crippen LogP contribution is 1.77. The molecule has 0 fully saturated rings. The molecule has 0 unspecified atom stereocenters. The van der Waals surface area contributed by atoms with Gasteiger partial charge in [-0.2, -0.15) is 5.26 Å². The highest BCUT2D eigenvalue weighted by atomic mass is 79.9. The van der Waals surface area contributed by atoms with Gasteiger partial charge in [-0.1, -0.05) is 6.92 Å². The largest absolute Gasteiger partial charge is 0.198 e. The third kappa shape index (κ3) is 9.02. The third-order valence-corrected chi connectivity index (χ3v) is 0.362. The molecule has 0 aromatic rings. The molecule has 6 heavy (non-hydrogen) atoms. The lowest BCUT2D eigenvalue weighted by molar-refractivity contribution is 0.969. The van der Waals surface area contributed by atoms with Gasteiger partial charge in [0.15, 0.2) is 0 Å². The third-order valence-electron chi connectivity index (χ3n) is 0.362. The van der Waals surface area contributed by atoms with E-state index in [1.165, 1.54) is 0 Å². The Kier molecular flexibility index (Phi) is 13.8. The first kappa shape index (κ1) is 9.36. The summed E-state index contributed by atoms with van der Waals surface area (Å²) in [4.78, 5) is 0. The number of nitrogens with zero attached hydrogens (tertiary/aromatic N) is 1. The molecule has 0 N–H and O–H groups in total. The lowest BCUT2D eigenvalue weighted by Crippen LogP contribution is -1.53. The van der Waals surface area contributed by atoms with E-state index in [1.807, 2.05) is 13.0 Å². The molecule has 0 aliphatic rings. The quantitative estimate of drug-likeness (QED) is 0.559. The fourth-order valence-corrected chi connectivity index (χ4v) is 0.112. The van der Waals surface area contributed by atoms with E-state index in [0.29, 0.717) is 6.42 Å². The standard InChI is InChI=1S/C4H7N.BrH/c1-2-3-4-5;/h2-3H2,1H3;1H. The number of rotatable bonds is 1. The topological polar surface area (TPSA) is 23.8 Å². The van der Waals surface area contributed by atoms with E-state index < -0.39 is 0 Å². The Hall–Kier alpha value is -0.0300. The minimum atomic E-state index is 0. The number of halogens is 1. The molecule has 2 heteroatoms. The second-order valence-electron chi connectivity index (χ2n) is 0.908. The minimum absolute atomic E-state index is 0. The van der Waals surface area contributed by atoms with Crippen molar-refractivity contribution in [1.82, 2.24) is 0 Å². The van der Waals surface area contributed by atoms with Crippen molar-refractivity contribution in [3.63, 3.8) is 0 Å². The molecule has 0 spiro atoms. The molecule has 0 aromatic heterocycles. The van der Waals surface area contributed by atoms with Crippen molar-refractivity contribution in [2.75, 3.05) is 0 Å². The van der Waals surface area contributed by atoms with Gasteiger partial charge in [0.05, 0.1) is 6.07 Å². The predicted octanol–water partition coefficient (Wildman–Crippen LogP) is 1.89. The molecule has 0 aliphatic carbocycles. The van der Waals surface area contributed by atoms with Gasteiger partial charge in [-0.15, -0.1) is 17.0 Å². The van der Waals surface area contributed by atoms with Crippen molar-refractivity contribution in [1.29, 1.82) is 5.26 Å². The van der Waals surface area contributed by atoms with Crippen LogP contribution in [0.4, 0.5) is 0 Å². The second kappa shape index (κ2) is 8.88. The molecule has 0 aromatic carbocycles. The molecule has 0 radical (unpaired) electrons. The van der Waals surface area contributed by atoms with Gasteiger partial charge >= 0.3 is 0 Å². The van der Waals surface area contributed by atoms with Crippen LogP contribution in [0.15, 0.2) is 0 Å². The van der Waals surface area contributed by atoms with Crippen LogP contribution in [0.2, 0.25) is 0 Å². The van der Waals surface area contributed by atoms with Crippen molar-refractivity contribution in [2.45, 2.75) is 19.8 Å². The Balaban J connectivity index is 0. The first-order chi connectivity index (χ1) is 2.41. The SMILES string of the molecule is Br.CCCC#N. The Labute approximate surface area is 48.7 Å². The summed E-state index contributed by atoms with van der Waals surface area (Å²) in [5.41, 5.74) is 0. The Morgan fingerprint density at radius 3 is 2.17 bits per heavy atom. The molecule has 0 aliphatic heterocycles. The van der Waals surface area contributed by atoms with Crippen molar-refractivity contribution < 1.29 is 0 Å². The molecule has 0 atom stereocenters. The van der Waals surface area contributed by atoms with Gasteiger partial charge in [0.25, 0.3) is 0 Å². The van der Waals surface area contributed by atoms with Gasteiger partial charge in [0.2, 0.25) is 0 Å². The fraction of sp³-hybridized carbons (Fsp3) is 0.750. The van der Waals surface area contributed by atoms with E-state index >= 15 is 0 Å². The predicted molar refractivity (Wildman–Crippen MR) is 30.8 cm³/mol. The lowest BCUT2D eigenvalue weighted by Gasteiger charge is -1.65. The Bertz CT molecular complexity index is 46.0. The molecule has 0 saturated heterocycles. The molecule has 0 heterocycles. The van der Waals surface area contributed by atoms with Crippen molar-refractivity contribution in [3.8, 4) is 6.07 Å². The van der Waals surface area contributed by atoms with Crippen molar-refractivity contribution in [2.24, 2.45) is 0 Å². The van der Waals surface area contributed by atoms with Gasteiger partial charge in [-0.3, -0.25) is 0 Å². The van der Waals surface area contributed by atoms with Crippen LogP contribution in [0.1, 0.15) is 19.8 Å². The molecule has 0 bridgehead atoms. The van der Waals surface area contributed by atoms with Gasteiger partial charge in [0.1, 0.15) is 0 Å². The van der Waals surface area contributed by atoms with E-state index in [2.05, 4.69) is 0 Å². The van der Waals surface area contributed by atoms with Crippen molar-refractivity contribution >= 4 is 17.0 Å². The van der Waals surface area contributed by atoms with E-state index in [4.69, 9.17) is 5.26 Å². The van der Waals surface area contributed by atoms with Crippen LogP contribution in [-0.2, 0) is 0 Å². The first-order valence-corrected chi connectivity index (χ1v) is 1.78. The zero-order chi connectivity index (χ0) is 4.12. The lowest BCUT2D eigenvalue weighted by atomic mass is 10.4. The summed E-state index contributed by atoms with van der Waals surface area (Å²) < 4.78 is 0. The van der Waals surface area contributed by atoms with Crippen LogP contribution < -0.4 is 0 Å². The van der Waals surface area contributed by atoms with E-state index in [-0.39, 0.29) is 17.0 Å². The van der Waals surface area contributed by atoms with E-state index in [0.717, 1.165) is 6.42 Å². The number of nitriles is 1. The molecule has 0 rings (SSSR count). The van der Waals surface area contributed by atoms with Gasteiger partial charge in [0, 0.05) is 6.42 Å².